The number of aromatic amines is 1. The van der Waals surface area contributed by atoms with Crippen LogP contribution in [0, 0.1) is 12.8 Å². The predicted octanol–water partition coefficient (Wildman–Crippen LogP) is 1.11. The molecule has 3 N–H and O–H groups in total. The Bertz CT molecular complexity index is 836. The standard InChI is InChI=1S/C17H27N5O4/c1-11(2)9-22-15(18)14(16(23)19-17(22)24)21(6-5-7-25-4)10-13-8-12(3)20-26-13/h8,11H,5-7,9-10,18H2,1-4H3,(H,19,23,24). The molecule has 0 fully saturated rings. The van der Waals surface area contributed by atoms with Gasteiger partial charge in [0.2, 0.25) is 0 Å². The summed E-state index contributed by atoms with van der Waals surface area (Å²) >= 11 is 0. The van der Waals surface area contributed by atoms with Gasteiger partial charge in [-0.2, -0.15) is 0 Å². The lowest BCUT2D eigenvalue weighted by Gasteiger charge is -2.25. The summed E-state index contributed by atoms with van der Waals surface area (Å²) in [5, 5.41) is 3.88. The number of nitrogens with two attached hydrogens (primary N) is 1. The van der Waals surface area contributed by atoms with Gasteiger partial charge in [0, 0.05) is 32.9 Å². The molecule has 0 saturated heterocycles. The number of nitrogens with one attached hydrogen (secondary N) is 1. The Labute approximate surface area is 151 Å². The third kappa shape index (κ3) is 4.75. The van der Waals surface area contributed by atoms with Crippen molar-refractivity contribution in [3.8, 4) is 0 Å². The number of H-pyrrole nitrogens is 1. The summed E-state index contributed by atoms with van der Waals surface area (Å²) in [6, 6.07) is 1.80. The van der Waals surface area contributed by atoms with Crippen LogP contribution in [0.1, 0.15) is 31.7 Å². The molecule has 2 rings (SSSR count). The van der Waals surface area contributed by atoms with Crippen LogP contribution in [0.4, 0.5) is 11.5 Å². The van der Waals surface area contributed by atoms with Gasteiger partial charge in [-0.25, -0.2) is 4.79 Å². The molecule has 0 atom stereocenters. The van der Waals surface area contributed by atoms with Gasteiger partial charge in [-0.05, 0) is 19.3 Å². The molecule has 0 bridgehead atoms. The van der Waals surface area contributed by atoms with E-state index in [9.17, 15) is 9.59 Å². The number of aryl methyl sites for hydroxylation is 1. The number of nitrogen functional groups attached to an aromatic ring is 1. The Morgan fingerprint density at radius 3 is 2.73 bits per heavy atom. The fourth-order valence-electron chi connectivity index (χ4n) is 2.78. The molecule has 9 heteroatoms. The van der Waals surface area contributed by atoms with E-state index < -0.39 is 11.2 Å². The molecule has 0 aromatic carbocycles. The van der Waals surface area contributed by atoms with E-state index >= 15 is 0 Å². The monoisotopic (exact) mass is 365 g/mol. The van der Waals surface area contributed by atoms with Crippen molar-refractivity contribution in [2.45, 2.75) is 40.3 Å². The summed E-state index contributed by atoms with van der Waals surface area (Å²) in [5.74, 6) is 0.967. The first-order valence-electron chi connectivity index (χ1n) is 8.62. The Morgan fingerprint density at radius 1 is 1.42 bits per heavy atom. The number of aromatic nitrogens is 3. The van der Waals surface area contributed by atoms with Crippen LogP contribution < -0.4 is 21.9 Å². The minimum atomic E-state index is -0.513. The minimum absolute atomic E-state index is 0.154. The largest absolute Gasteiger partial charge is 0.385 e. The Kier molecular flexibility index (Phi) is 6.62. The molecule has 0 radical (unpaired) electrons. The molecule has 0 aliphatic carbocycles. The van der Waals surface area contributed by atoms with Crippen LogP contribution in [0.15, 0.2) is 20.2 Å². The minimum Gasteiger partial charge on any atom is -0.385 e. The molecule has 0 aliphatic heterocycles. The predicted molar refractivity (Wildman–Crippen MR) is 99.4 cm³/mol. The van der Waals surface area contributed by atoms with Gasteiger partial charge in [0.25, 0.3) is 5.56 Å². The van der Waals surface area contributed by atoms with Gasteiger partial charge in [0.05, 0.1) is 12.2 Å². The van der Waals surface area contributed by atoms with Gasteiger partial charge in [-0.3, -0.25) is 14.3 Å². The number of anilines is 2. The van der Waals surface area contributed by atoms with E-state index in [0.29, 0.717) is 38.4 Å². The molecule has 144 valence electrons. The van der Waals surface area contributed by atoms with Crippen molar-refractivity contribution in [1.82, 2.24) is 14.7 Å². The van der Waals surface area contributed by atoms with Gasteiger partial charge in [0.1, 0.15) is 11.5 Å². The van der Waals surface area contributed by atoms with E-state index in [1.54, 1.807) is 18.1 Å². The number of hydrogen-bond acceptors (Lipinski definition) is 7. The van der Waals surface area contributed by atoms with Gasteiger partial charge in [-0.15, -0.1) is 0 Å². The van der Waals surface area contributed by atoms with Crippen LogP contribution in [-0.4, -0.2) is 35.0 Å². The second-order valence-electron chi connectivity index (χ2n) is 6.70. The van der Waals surface area contributed by atoms with Crippen molar-refractivity contribution in [3.63, 3.8) is 0 Å². The van der Waals surface area contributed by atoms with Gasteiger partial charge >= 0.3 is 5.69 Å². The molecule has 0 aliphatic rings. The highest BCUT2D eigenvalue weighted by atomic mass is 16.5. The quantitative estimate of drug-likeness (QED) is 0.639. The average molecular weight is 365 g/mol. The van der Waals surface area contributed by atoms with E-state index in [0.717, 1.165) is 5.69 Å². The first kappa shape index (κ1) is 19.8. The molecule has 0 saturated carbocycles. The lowest BCUT2D eigenvalue weighted by Crippen LogP contribution is -2.39. The van der Waals surface area contributed by atoms with Crippen LogP contribution in [0.3, 0.4) is 0 Å². The molecule has 0 spiro atoms. The van der Waals surface area contributed by atoms with Crippen LogP contribution in [0.2, 0.25) is 0 Å². The normalized spacial score (nSPS) is 11.3. The zero-order valence-electron chi connectivity index (χ0n) is 15.7. The van der Waals surface area contributed by atoms with Gasteiger partial charge < -0.3 is 19.9 Å². The highest BCUT2D eigenvalue weighted by molar-refractivity contribution is 5.62. The second kappa shape index (κ2) is 8.70. The molecule has 2 aromatic rings. The van der Waals surface area contributed by atoms with Crippen molar-refractivity contribution in [3.05, 3.63) is 38.4 Å². The summed E-state index contributed by atoms with van der Waals surface area (Å²) in [6.45, 7) is 7.57. The third-order valence-electron chi connectivity index (χ3n) is 3.88. The van der Waals surface area contributed by atoms with Crippen molar-refractivity contribution in [1.29, 1.82) is 0 Å². The Morgan fingerprint density at radius 2 is 2.15 bits per heavy atom. The summed E-state index contributed by atoms with van der Waals surface area (Å²) in [5.41, 5.74) is 6.22. The Balaban J connectivity index is 2.44. The molecule has 26 heavy (non-hydrogen) atoms. The first-order chi connectivity index (χ1) is 12.3. The smallest absolute Gasteiger partial charge is 0.330 e. The van der Waals surface area contributed by atoms with Crippen molar-refractivity contribution < 1.29 is 9.26 Å². The van der Waals surface area contributed by atoms with Crippen LogP contribution >= 0.6 is 0 Å². The number of nitrogens with zero attached hydrogens (tertiary/aromatic N) is 3. The summed E-state index contributed by atoms with van der Waals surface area (Å²) in [4.78, 5) is 28.8. The number of methoxy groups -OCH3 is 1. The summed E-state index contributed by atoms with van der Waals surface area (Å²) in [7, 11) is 1.62. The van der Waals surface area contributed by atoms with E-state index in [2.05, 4.69) is 10.1 Å². The maximum atomic E-state index is 12.5. The summed E-state index contributed by atoms with van der Waals surface area (Å²) < 4.78 is 11.8. The maximum Gasteiger partial charge on any atom is 0.330 e. The number of hydrogen-bond donors (Lipinski definition) is 2. The zero-order chi connectivity index (χ0) is 19.3. The summed E-state index contributed by atoms with van der Waals surface area (Å²) in [6.07, 6.45) is 0.686. The fourth-order valence-corrected chi connectivity index (χ4v) is 2.78. The first-order valence-corrected chi connectivity index (χ1v) is 8.62. The molecular formula is C17H27N5O4. The topological polar surface area (TPSA) is 119 Å². The molecular weight excluding hydrogens is 338 g/mol. The molecule has 0 amide bonds. The van der Waals surface area contributed by atoms with Crippen molar-refractivity contribution in [2.75, 3.05) is 30.9 Å². The SMILES string of the molecule is COCCCN(Cc1cc(C)no1)c1c(N)n(CC(C)C)c(=O)[nH]c1=O. The van der Waals surface area contributed by atoms with Crippen LogP contribution in [-0.2, 0) is 17.8 Å². The average Bonchev–Trinajstić information content (AvgIpc) is 2.96. The highest BCUT2D eigenvalue weighted by Gasteiger charge is 2.20. The third-order valence-corrected chi connectivity index (χ3v) is 3.88. The number of ether oxygens (including phenoxy) is 1. The molecule has 2 aromatic heterocycles. The molecule has 2 heterocycles. The molecule has 0 unspecified atom stereocenters. The number of rotatable bonds is 9. The lowest BCUT2D eigenvalue weighted by molar-refractivity contribution is 0.196. The van der Waals surface area contributed by atoms with E-state index in [1.165, 1.54) is 4.57 Å². The molecule has 9 nitrogen and oxygen atoms in total. The van der Waals surface area contributed by atoms with Crippen LogP contribution in [0.5, 0.6) is 0 Å². The highest BCUT2D eigenvalue weighted by Crippen LogP contribution is 2.20. The van der Waals surface area contributed by atoms with Crippen molar-refractivity contribution in [2.24, 2.45) is 5.92 Å². The van der Waals surface area contributed by atoms with Gasteiger partial charge in [0.15, 0.2) is 5.76 Å². The maximum absolute atomic E-state index is 12.5. The van der Waals surface area contributed by atoms with E-state index in [-0.39, 0.29) is 17.4 Å². The zero-order valence-corrected chi connectivity index (χ0v) is 15.7. The van der Waals surface area contributed by atoms with E-state index in [1.807, 2.05) is 20.8 Å². The van der Waals surface area contributed by atoms with Crippen molar-refractivity contribution >= 4 is 11.5 Å². The van der Waals surface area contributed by atoms with Crippen LogP contribution in [0.25, 0.3) is 0 Å². The lowest BCUT2D eigenvalue weighted by atomic mass is 10.2. The Hall–Kier alpha value is -2.55. The fraction of sp³-hybridized carbons (Fsp3) is 0.588. The van der Waals surface area contributed by atoms with E-state index in [4.69, 9.17) is 15.0 Å². The van der Waals surface area contributed by atoms with Gasteiger partial charge in [-0.1, -0.05) is 19.0 Å². The second-order valence-corrected chi connectivity index (χ2v) is 6.70.